The lowest BCUT2D eigenvalue weighted by molar-refractivity contribution is 0.260. The number of aryl methyl sites for hydroxylation is 1. The maximum Gasteiger partial charge on any atom is 0.0522 e. The fraction of sp³-hybridized carbons (Fsp3) is 0.292. The first-order valence-corrected chi connectivity index (χ1v) is 10.8. The van der Waals surface area contributed by atoms with Crippen LogP contribution in [0.1, 0.15) is 35.4 Å². The third-order valence-electron chi connectivity index (χ3n) is 5.63. The highest BCUT2D eigenvalue weighted by atomic mass is 32.1. The molecule has 1 atom stereocenters. The number of fused-ring (bicyclic) bond motifs is 1. The van der Waals surface area contributed by atoms with Crippen molar-refractivity contribution < 1.29 is 0 Å². The van der Waals surface area contributed by atoms with Gasteiger partial charge in [-0.25, -0.2) is 0 Å². The fourth-order valence-electron chi connectivity index (χ4n) is 4.12. The van der Waals surface area contributed by atoms with E-state index in [1.807, 2.05) is 17.5 Å². The predicted octanol–water partition coefficient (Wildman–Crippen LogP) is 5.93. The molecule has 0 spiro atoms. The highest BCUT2D eigenvalue weighted by molar-refractivity contribution is 7.11. The van der Waals surface area contributed by atoms with E-state index in [1.54, 1.807) is 0 Å². The van der Waals surface area contributed by atoms with Crippen LogP contribution in [0.15, 0.2) is 67.7 Å². The molecule has 28 heavy (non-hydrogen) atoms. The van der Waals surface area contributed by atoms with E-state index in [2.05, 4.69) is 76.6 Å². The van der Waals surface area contributed by atoms with Crippen molar-refractivity contribution in [3.8, 4) is 11.1 Å². The highest BCUT2D eigenvalue weighted by Crippen LogP contribution is 2.40. The van der Waals surface area contributed by atoms with Crippen molar-refractivity contribution in [3.63, 3.8) is 0 Å². The summed E-state index contributed by atoms with van der Waals surface area (Å²) in [5.74, 6) is 0. The molecule has 144 valence electrons. The molecule has 2 aliphatic rings. The van der Waals surface area contributed by atoms with E-state index in [1.165, 1.54) is 52.2 Å². The standard InChI is InChI=1S/C22H23N3S.C2H4/c1-15(22-12-18(14-26-22)16-5-3-2-4-6-16)25(19-7-8-19)20-9-10-21-17(11-20)13-23-24-21;1-2/h2-6,12-14,19-20H,1,7-11H2,(H,23,24);1-2H2. The summed E-state index contributed by atoms with van der Waals surface area (Å²) in [6.45, 7) is 10.5. The lowest BCUT2D eigenvalue weighted by atomic mass is 9.92. The predicted molar refractivity (Wildman–Crippen MR) is 119 cm³/mol. The van der Waals surface area contributed by atoms with E-state index in [0.717, 1.165) is 12.8 Å². The monoisotopic (exact) mass is 389 g/mol. The Kier molecular flexibility index (Phi) is 5.49. The molecular weight excluding hydrogens is 362 g/mol. The van der Waals surface area contributed by atoms with Gasteiger partial charge in [-0.2, -0.15) is 5.10 Å². The smallest absolute Gasteiger partial charge is 0.0522 e. The average Bonchev–Trinajstić information content (AvgIpc) is 3.27. The summed E-state index contributed by atoms with van der Waals surface area (Å²) in [6, 6.07) is 14.1. The van der Waals surface area contributed by atoms with Crippen LogP contribution in [0.25, 0.3) is 16.8 Å². The molecule has 3 nitrogen and oxygen atoms in total. The molecule has 2 heterocycles. The Morgan fingerprint density at radius 1 is 1.07 bits per heavy atom. The highest BCUT2D eigenvalue weighted by Gasteiger charge is 2.37. The zero-order valence-electron chi connectivity index (χ0n) is 16.2. The first-order chi connectivity index (χ1) is 13.8. The van der Waals surface area contributed by atoms with Crippen LogP contribution in [0.3, 0.4) is 0 Å². The maximum absolute atomic E-state index is 4.53. The molecule has 1 fully saturated rings. The van der Waals surface area contributed by atoms with Gasteiger partial charge in [0.2, 0.25) is 0 Å². The van der Waals surface area contributed by atoms with Crippen molar-refractivity contribution in [3.05, 3.63) is 83.8 Å². The van der Waals surface area contributed by atoms with Crippen molar-refractivity contribution in [1.82, 2.24) is 15.1 Å². The minimum atomic E-state index is 0.544. The Balaban J connectivity index is 0.000000932. The zero-order valence-corrected chi connectivity index (χ0v) is 17.0. The van der Waals surface area contributed by atoms with Crippen LogP contribution in [0.4, 0.5) is 0 Å². The second kappa shape index (κ2) is 8.19. The second-order valence-corrected chi connectivity index (χ2v) is 8.33. The summed E-state index contributed by atoms with van der Waals surface area (Å²) < 4.78 is 0. The molecule has 2 aliphatic carbocycles. The van der Waals surface area contributed by atoms with Crippen molar-refractivity contribution in [1.29, 1.82) is 0 Å². The summed E-state index contributed by atoms with van der Waals surface area (Å²) in [5.41, 5.74) is 6.49. The number of hydrogen-bond acceptors (Lipinski definition) is 3. The number of aromatic amines is 1. The Bertz CT molecular complexity index is 936. The molecule has 1 unspecified atom stereocenters. The molecule has 1 N–H and O–H groups in total. The Morgan fingerprint density at radius 2 is 1.86 bits per heavy atom. The van der Waals surface area contributed by atoms with Gasteiger partial charge in [-0.15, -0.1) is 24.5 Å². The molecule has 0 radical (unpaired) electrons. The third kappa shape index (κ3) is 3.69. The van der Waals surface area contributed by atoms with Crippen LogP contribution >= 0.6 is 11.3 Å². The van der Waals surface area contributed by atoms with E-state index in [4.69, 9.17) is 0 Å². The lowest BCUT2D eigenvalue weighted by Gasteiger charge is -2.37. The van der Waals surface area contributed by atoms with Gasteiger partial charge in [-0.1, -0.05) is 36.9 Å². The summed E-state index contributed by atoms with van der Waals surface area (Å²) in [5, 5.41) is 9.65. The third-order valence-corrected chi connectivity index (χ3v) is 6.61. The van der Waals surface area contributed by atoms with Gasteiger partial charge >= 0.3 is 0 Å². The molecule has 0 aliphatic heterocycles. The van der Waals surface area contributed by atoms with Crippen molar-refractivity contribution in [2.24, 2.45) is 0 Å². The van der Waals surface area contributed by atoms with Gasteiger partial charge in [0.05, 0.1) is 11.1 Å². The van der Waals surface area contributed by atoms with Crippen LogP contribution < -0.4 is 0 Å². The number of benzene rings is 1. The molecule has 0 saturated heterocycles. The van der Waals surface area contributed by atoms with Gasteiger partial charge in [0.15, 0.2) is 0 Å². The number of nitrogens with one attached hydrogen (secondary N) is 1. The van der Waals surface area contributed by atoms with Gasteiger partial charge < -0.3 is 4.90 Å². The zero-order chi connectivity index (χ0) is 19.5. The molecule has 0 bridgehead atoms. The summed E-state index contributed by atoms with van der Waals surface area (Å²) in [4.78, 5) is 3.92. The molecular formula is C24H27N3S. The van der Waals surface area contributed by atoms with Gasteiger partial charge in [0.1, 0.15) is 0 Å². The molecule has 4 heteroatoms. The van der Waals surface area contributed by atoms with E-state index < -0.39 is 0 Å². The molecule has 1 saturated carbocycles. The fourth-order valence-corrected chi connectivity index (χ4v) is 5.02. The first-order valence-electron chi connectivity index (χ1n) is 9.92. The van der Waals surface area contributed by atoms with E-state index in [-0.39, 0.29) is 0 Å². The number of H-pyrrole nitrogens is 1. The molecule has 2 aromatic heterocycles. The van der Waals surface area contributed by atoms with Gasteiger partial charge in [-0.05, 0) is 60.2 Å². The average molecular weight is 390 g/mol. The lowest BCUT2D eigenvalue weighted by Crippen LogP contribution is -2.39. The minimum absolute atomic E-state index is 0.544. The number of hydrogen-bond donors (Lipinski definition) is 1. The van der Waals surface area contributed by atoms with Gasteiger partial charge in [0, 0.05) is 23.5 Å². The van der Waals surface area contributed by atoms with Crippen molar-refractivity contribution in [2.75, 3.05) is 0 Å². The van der Waals surface area contributed by atoms with Crippen molar-refractivity contribution >= 4 is 17.0 Å². The molecule has 3 aromatic rings. The normalized spacial score (nSPS) is 17.9. The van der Waals surface area contributed by atoms with Crippen LogP contribution in [-0.4, -0.2) is 27.2 Å². The molecule has 5 rings (SSSR count). The van der Waals surface area contributed by atoms with E-state index >= 15 is 0 Å². The van der Waals surface area contributed by atoms with Crippen molar-refractivity contribution in [2.45, 2.75) is 44.2 Å². The first kappa shape index (κ1) is 18.8. The summed E-state index contributed by atoms with van der Waals surface area (Å²) in [6.07, 6.45) is 7.96. The summed E-state index contributed by atoms with van der Waals surface area (Å²) in [7, 11) is 0. The number of nitrogens with zero attached hydrogens (tertiary/aromatic N) is 2. The topological polar surface area (TPSA) is 31.9 Å². The number of aromatic nitrogens is 2. The van der Waals surface area contributed by atoms with Crippen LogP contribution in [0.2, 0.25) is 0 Å². The maximum atomic E-state index is 4.53. The second-order valence-electron chi connectivity index (χ2n) is 7.42. The largest absolute Gasteiger partial charge is 0.365 e. The number of rotatable bonds is 5. The molecule has 1 aromatic carbocycles. The SMILES string of the molecule is C=C.C=C(c1cc(-c2ccccc2)cs1)N(C1CC1)C1CCc2[nH]ncc2C1. The van der Waals surface area contributed by atoms with Gasteiger partial charge in [0.25, 0.3) is 0 Å². The Labute approximate surface area is 171 Å². The minimum Gasteiger partial charge on any atom is -0.365 e. The molecule has 0 amide bonds. The van der Waals surface area contributed by atoms with Crippen LogP contribution in [0, 0.1) is 0 Å². The van der Waals surface area contributed by atoms with Crippen LogP contribution in [-0.2, 0) is 12.8 Å². The van der Waals surface area contributed by atoms with E-state index in [0.29, 0.717) is 12.1 Å². The van der Waals surface area contributed by atoms with Crippen LogP contribution in [0.5, 0.6) is 0 Å². The Morgan fingerprint density at radius 3 is 2.61 bits per heavy atom. The summed E-state index contributed by atoms with van der Waals surface area (Å²) >= 11 is 1.82. The van der Waals surface area contributed by atoms with Gasteiger partial charge in [-0.3, -0.25) is 5.10 Å². The number of thiophene rings is 1. The van der Waals surface area contributed by atoms with E-state index in [9.17, 15) is 0 Å². The Hall–Kier alpha value is -2.59. The quantitative estimate of drug-likeness (QED) is 0.548.